The molecule has 0 aliphatic heterocycles. The summed E-state index contributed by atoms with van der Waals surface area (Å²) in [5, 5.41) is 0.577. The quantitative estimate of drug-likeness (QED) is 0.763. The average molecular weight is 188 g/mol. The molecule has 0 spiro atoms. The fraction of sp³-hybridized carbons (Fsp3) is 0.625. The first-order chi connectivity index (χ1) is 5.52. The van der Waals surface area contributed by atoms with Gasteiger partial charge in [-0.25, -0.2) is 4.98 Å². The Morgan fingerprint density at radius 3 is 2.50 bits per heavy atom. The molecular formula is C8H14ClN3. The van der Waals surface area contributed by atoms with Crippen molar-refractivity contribution in [2.75, 3.05) is 0 Å². The van der Waals surface area contributed by atoms with Crippen molar-refractivity contribution in [1.82, 2.24) is 9.55 Å². The van der Waals surface area contributed by atoms with Gasteiger partial charge in [0.1, 0.15) is 11.0 Å². The van der Waals surface area contributed by atoms with E-state index in [2.05, 4.69) is 4.98 Å². The predicted molar refractivity (Wildman–Crippen MR) is 50.4 cm³/mol. The van der Waals surface area contributed by atoms with Crippen LogP contribution >= 0.6 is 11.6 Å². The second-order valence-electron chi connectivity index (χ2n) is 3.12. The Morgan fingerprint density at radius 1 is 1.58 bits per heavy atom. The summed E-state index contributed by atoms with van der Waals surface area (Å²) in [7, 11) is 0. The lowest BCUT2D eigenvalue weighted by atomic mass is 10.3. The summed E-state index contributed by atoms with van der Waals surface area (Å²) in [6.45, 7) is 6.62. The molecular weight excluding hydrogens is 174 g/mol. The molecule has 1 heterocycles. The molecule has 1 aromatic heterocycles. The molecule has 1 unspecified atom stereocenters. The van der Waals surface area contributed by atoms with Crippen LogP contribution in [-0.4, -0.2) is 15.6 Å². The highest BCUT2D eigenvalue weighted by Crippen LogP contribution is 2.15. The van der Waals surface area contributed by atoms with Gasteiger partial charge >= 0.3 is 0 Å². The standard InChI is InChI=1S/C8H14ClN3/c1-5(10)4-12-6(2)8(9)11-7(12)3/h5H,4,10H2,1-3H3. The van der Waals surface area contributed by atoms with E-state index in [9.17, 15) is 0 Å². The van der Waals surface area contributed by atoms with Gasteiger partial charge in [0.2, 0.25) is 0 Å². The van der Waals surface area contributed by atoms with Gasteiger partial charge in [0.25, 0.3) is 0 Å². The maximum Gasteiger partial charge on any atom is 0.150 e. The molecule has 0 saturated heterocycles. The molecule has 1 aromatic rings. The van der Waals surface area contributed by atoms with Gasteiger partial charge in [0.05, 0.1) is 5.69 Å². The van der Waals surface area contributed by atoms with E-state index >= 15 is 0 Å². The number of nitrogens with two attached hydrogens (primary N) is 1. The smallest absolute Gasteiger partial charge is 0.150 e. The van der Waals surface area contributed by atoms with E-state index < -0.39 is 0 Å². The largest absolute Gasteiger partial charge is 0.329 e. The Morgan fingerprint density at radius 2 is 2.17 bits per heavy atom. The van der Waals surface area contributed by atoms with Crippen molar-refractivity contribution >= 4 is 11.6 Å². The number of aryl methyl sites for hydroxylation is 1. The lowest BCUT2D eigenvalue weighted by Crippen LogP contribution is -2.23. The van der Waals surface area contributed by atoms with Gasteiger partial charge in [-0.1, -0.05) is 11.6 Å². The van der Waals surface area contributed by atoms with Crippen molar-refractivity contribution in [2.24, 2.45) is 5.73 Å². The van der Waals surface area contributed by atoms with Gasteiger partial charge in [-0.3, -0.25) is 0 Å². The fourth-order valence-electron chi connectivity index (χ4n) is 1.19. The fourth-order valence-corrected chi connectivity index (χ4v) is 1.42. The van der Waals surface area contributed by atoms with Crippen LogP contribution in [0.5, 0.6) is 0 Å². The number of nitrogens with zero attached hydrogens (tertiary/aromatic N) is 2. The van der Waals surface area contributed by atoms with E-state index in [0.29, 0.717) is 5.15 Å². The molecule has 1 rings (SSSR count). The lowest BCUT2D eigenvalue weighted by Gasteiger charge is -2.09. The maximum absolute atomic E-state index is 5.85. The summed E-state index contributed by atoms with van der Waals surface area (Å²) < 4.78 is 2.03. The van der Waals surface area contributed by atoms with Crippen LogP contribution in [0, 0.1) is 13.8 Å². The molecule has 0 saturated carbocycles. The van der Waals surface area contributed by atoms with Crippen LogP contribution in [0.2, 0.25) is 5.15 Å². The molecule has 2 N–H and O–H groups in total. The molecule has 3 nitrogen and oxygen atoms in total. The third-order valence-electron chi connectivity index (χ3n) is 1.82. The van der Waals surface area contributed by atoms with Gasteiger partial charge in [-0.2, -0.15) is 0 Å². The summed E-state index contributed by atoms with van der Waals surface area (Å²) in [4.78, 5) is 4.14. The molecule has 4 heteroatoms. The SMILES string of the molecule is Cc1nc(Cl)c(C)n1CC(C)N. The number of hydrogen-bond donors (Lipinski definition) is 1. The van der Waals surface area contributed by atoms with Crippen LogP contribution < -0.4 is 5.73 Å². The van der Waals surface area contributed by atoms with Crippen LogP contribution in [0.25, 0.3) is 0 Å². The number of rotatable bonds is 2. The summed E-state index contributed by atoms with van der Waals surface area (Å²) in [6.07, 6.45) is 0. The van der Waals surface area contributed by atoms with Crippen LogP contribution in [0.4, 0.5) is 0 Å². The molecule has 1 atom stereocenters. The number of aromatic nitrogens is 2. The molecule has 0 aliphatic rings. The average Bonchev–Trinajstić information content (AvgIpc) is 2.16. The topological polar surface area (TPSA) is 43.8 Å². The molecule has 12 heavy (non-hydrogen) atoms. The Kier molecular flexibility index (Phi) is 2.75. The minimum Gasteiger partial charge on any atom is -0.329 e. The van der Waals surface area contributed by atoms with Gasteiger partial charge in [0.15, 0.2) is 0 Å². The van der Waals surface area contributed by atoms with Crippen LogP contribution in [0.3, 0.4) is 0 Å². The second kappa shape index (κ2) is 3.46. The zero-order chi connectivity index (χ0) is 9.30. The zero-order valence-electron chi connectivity index (χ0n) is 7.63. The minimum absolute atomic E-state index is 0.132. The molecule has 68 valence electrons. The van der Waals surface area contributed by atoms with Crippen LogP contribution in [0.1, 0.15) is 18.4 Å². The summed E-state index contributed by atoms with van der Waals surface area (Å²) >= 11 is 5.85. The van der Waals surface area contributed by atoms with E-state index in [-0.39, 0.29) is 6.04 Å². The van der Waals surface area contributed by atoms with Crippen molar-refractivity contribution in [3.63, 3.8) is 0 Å². The van der Waals surface area contributed by atoms with E-state index in [1.807, 2.05) is 25.3 Å². The third-order valence-corrected chi connectivity index (χ3v) is 2.18. The lowest BCUT2D eigenvalue weighted by molar-refractivity contribution is 0.567. The van der Waals surface area contributed by atoms with E-state index in [1.165, 1.54) is 0 Å². The molecule has 0 radical (unpaired) electrons. The second-order valence-corrected chi connectivity index (χ2v) is 3.48. The predicted octanol–water partition coefficient (Wildman–Crippen LogP) is 1.50. The number of imidazole rings is 1. The van der Waals surface area contributed by atoms with Crippen LogP contribution in [-0.2, 0) is 6.54 Å². The van der Waals surface area contributed by atoms with Gasteiger partial charge in [0, 0.05) is 12.6 Å². The van der Waals surface area contributed by atoms with E-state index in [1.54, 1.807) is 0 Å². The first-order valence-corrected chi connectivity index (χ1v) is 4.35. The van der Waals surface area contributed by atoms with Crippen molar-refractivity contribution in [3.8, 4) is 0 Å². The Labute approximate surface area is 77.5 Å². The molecule has 0 aliphatic carbocycles. The Balaban J connectivity index is 2.97. The van der Waals surface area contributed by atoms with E-state index in [4.69, 9.17) is 17.3 Å². The summed E-state index contributed by atoms with van der Waals surface area (Å²) in [5.41, 5.74) is 6.67. The van der Waals surface area contributed by atoms with E-state index in [0.717, 1.165) is 18.1 Å². The number of halogens is 1. The molecule has 0 amide bonds. The normalized spacial score (nSPS) is 13.4. The monoisotopic (exact) mass is 187 g/mol. The highest BCUT2D eigenvalue weighted by molar-refractivity contribution is 6.30. The zero-order valence-corrected chi connectivity index (χ0v) is 8.39. The summed E-state index contributed by atoms with van der Waals surface area (Å²) in [6, 6.07) is 0.132. The van der Waals surface area contributed by atoms with Crippen LogP contribution in [0.15, 0.2) is 0 Å². The first kappa shape index (κ1) is 9.55. The highest BCUT2D eigenvalue weighted by atomic mass is 35.5. The first-order valence-electron chi connectivity index (χ1n) is 3.97. The highest BCUT2D eigenvalue weighted by Gasteiger charge is 2.09. The number of hydrogen-bond acceptors (Lipinski definition) is 2. The van der Waals surface area contributed by atoms with Crippen molar-refractivity contribution < 1.29 is 0 Å². The third kappa shape index (κ3) is 1.79. The molecule has 0 fully saturated rings. The van der Waals surface area contributed by atoms with Gasteiger partial charge < -0.3 is 10.3 Å². The Hall–Kier alpha value is -0.540. The Bertz CT molecular complexity index is 278. The minimum atomic E-state index is 0.132. The van der Waals surface area contributed by atoms with Gasteiger partial charge in [-0.15, -0.1) is 0 Å². The van der Waals surface area contributed by atoms with Crippen molar-refractivity contribution in [2.45, 2.75) is 33.4 Å². The maximum atomic E-state index is 5.85. The van der Waals surface area contributed by atoms with Crippen molar-refractivity contribution in [3.05, 3.63) is 16.7 Å². The molecule has 0 bridgehead atoms. The van der Waals surface area contributed by atoms with Gasteiger partial charge in [-0.05, 0) is 20.8 Å². The summed E-state index contributed by atoms with van der Waals surface area (Å²) in [5.74, 6) is 0.926. The molecule has 0 aromatic carbocycles. The van der Waals surface area contributed by atoms with Crippen molar-refractivity contribution in [1.29, 1.82) is 0 Å².